The normalized spacial score (nSPS) is 33.8. The van der Waals surface area contributed by atoms with Crippen LogP contribution in [-0.2, 0) is 33.2 Å². The molecule has 0 spiro atoms. The van der Waals surface area contributed by atoms with Crippen molar-refractivity contribution in [2.24, 2.45) is 5.92 Å². The zero-order valence-corrected chi connectivity index (χ0v) is 39.3. The van der Waals surface area contributed by atoms with Gasteiger partial charge >= 0.3 is 0 Å². The molecule has 3 rings (SSSR count). The number of hydrogen-bond acceptors (Lipinski definition) is 19. The smallest absolute Gasteiger partial charge is 0.223 e. The van der Waals surface area contributed by atoms with Gasteiger partial charge in [-0.1, -0.05) is 129 Å². The fraction of sp³-hybridized carbons (Fsp3) is 0.978. The van der Waals surface area contributed by atoms with Crippen molar-refractivity contribution in [1.29, 1.82) is 0 Å². The molecule has 3 fully saturated rings. The number of aliphatic hydroxyl groups excluding tert-OH is 12. The highest BCUT2D eigenvalue weighted by Gasteiger charge is 2.50. The summed E-state index contributed by atoms with van der Waals surface area (Å²) in [5.41, 5.74) is -1.96. The molecule has 0 saturated carbocycles. The van der Waals surface area contributed by atoms with Crippen LogP contribution in [0.2, 0.25) is 0 Å². The van der Waals surface area contributed by atoms with Gasteiger partial charge in [0, 0.05) is 5.92 Å². The van der Waals surface area contributed by atoms with E-state index in [1.165, 1.54) is 51.4 Å². The van der Waals surface area contributed by atoms with Gasteiger partial charge in [-0.3, -0.25) is 4.79 Å². The van der Waals surface area contributed by atoms with E-state index in [0.717, 1.165) is 64.2 Å². The van der Waals surface area contributed by atoms with Crippen molar-refractivity contribution in [1.82, 2.24) is 5.32 Å². The van der Waals surface area contributed by atoms with Crippen molar-refractivity contribution >= 4 is 5.91 Å². The van der Waals surface area contributed by atoms with Gasteiger partial charge in [-0.25, -0.2) is 0 Å². The highest BCUT2D eigenvalue weighted by molar-refractivity contribution is 5.79. The highest BCUT2D eigenvalue weighted by atomic mass is 16.7. The Kier molecular flexibility index (Phi) is 28.5. The van der Waals surface area contributed by atoms with Crippen LogP contribution >= 0.6 is 0 Å². The fourth-order valence-electron chi connectivity index (χ4n) is 8.75. The molecule has 0 aromatic carbocycles. The van der Waals surface area contributed by atoms with E-state index in [4.69, 9.17) is 28.4 Å². The summed E-state index contributed by atoms with van der Waals surface area (Å²) in [6, 6.07) is 0. The van der Waals surface area contributed by atoms with Gasteiger partial charge in [-0.15, -0.1) is 0 Å². The molecule has 0 bridgehead atoms. The molecule has 15 atom stereocenters. The maximum Gasteiger partial charge on any atom is 0.223 e. The molecule has 6 unspecified atom stereocenters. The van der Waals surface area contributed by atoms with Crippen LogP contribution in [0.3, 0.4) is 0 Å². The van der Waals surface area contributed by atoms with E-state index in [-0.39, 0.29) is 0 Å². The lowest BCUT2D eigenvalue weighted by molar-refractivity contribution is -0.324. The van der Waals surface area contributed by atoms with Gasteiger partial charge in [0.15, 0.2) is 18.9 Å². The Bertz CT molecular complexity index is 1150. The predicted octanol–water partition coefficient (Wildman–Crippen LogP) is -0.251. The zero-order chi connectivity index (χ0) is 48.6. The van der Waals surface area contributed by atoms with Gasteiger partial charge in [0.05, 0.1) is 39.6 Å². The molecule has 3 saturated heterocycles. The fourth-order valence-corrected chi connectivity index (χ4v) is 8.75. The lowest BCUT2D eigenvalue weighted by Crippen LogP contribution is -2.65. The molecule has 20 heteroatoms. The SMILES string of the molecule is CCCCCCCCCCCC(CCCCCCCCCCC)C(=O)NC(CO[C@@H]1OC(CO)[C@@H](O)[C@H](O)C1O)(CO[C@@H]1OC(CO)[C@@H](O)[C@H](O)C1O)CO[C@@H]1OC(CO)[C@@H](O)[C@H](O)C1O. The Morgan fingerprint density at radius 3 is 0.985 bits per heavy atom. The van der Waals surface area contributed by atoms with Crippen LogP contribution in [0.5, 0.6) is 0 Å². The molecule has 390 valence electrons. The van der Waals surface area contributed by atoms with E-state index in [9.17, 15) is 66.1 Å². The maximum atomic E-state index is 14.8. The molecule has 1 amide bonds. The zero-order valence-electron chi connectivity index (χ0n) is 39.3. The van der Waals surface area contributed by atoms with Crippen molar-refractivity contribution < 1.29 is 94.5 Å². The summed E-state index contributed by atoms with van der Waals surface area (Å²) in [6.07, 6.45) is -5.22. The molecule has 3 aliphatic rings. The van der Waals surface area contributed by atoms with Gasteiger partial charge in [0.2, 0.25) is 5.91 Å². The molecule has 13 N–H and O–H groups in total. The first kappa shape index (κ1) is 59.1. The average molecular weight is 958 g/mol. The molecule has 0 aromatic heterocycles. The maximum absolute atomic E-state index is 14.8. The molecular formula is C46H87NO19. The second-order valence-corrected chi connectivity index (χ2v) is 18.7. The summed E-state index contributed by atoms with van der Waals surface area (Å²) >= 11 is 0. The first-order valence-corrected chi connectivity index (χ1v) is 24.8. The minimum Gasteiger partial charge on any atom is -0.394 e. The van der Waals surface area contributed by atoms with Gasteiger partial charge in [0.1, 0.15) is 78.8 Å². The third-order valence-corrected chi connectivity index (χ3v) is 13.2. The van der Waals surface area contributed by atoms with Crippen molar-refractivity contribution in [3.63, 3.8) is 0 Å². The Morgan fingerprint density at radius 2 is 0.712 bits per heavy atom. The second kappa shape index (κ2) is 31.9. The van der Waals surface area contributed by atoms with E-state index >= 15 is 0 Å². The summed E-state index contributed by atoms with van der Waals surface area (Å²) in [5.74, 6) is -1.02. The third kappa shape index (κ3) is 18.5. The highest BCUT2D eigenvalue weighted by Crippen LogP contribution is 2.29. The number of rotatable bonds is 34. The standard InChI is InChI=1S/C46H87NO19/c1-3-5-7-9-11-13-15-17-19-21-29(22-20-18-16-14-12-10-8-6-4-2)42(60)47-46(26-61-43-39(57)36(54)33(51)30(23-48)64-43,27-62-44-40(58)37(55)34(52)31(24-49)65-44)28-63-45-41(59)38(56)35(53)32(25-50)66-45/h29-41,43-45,48-59H,3-28H2,1-2H3,(H,47,60)/t30?,31?,32?,33-,34-,35-,36+,37+,38+,39?,40?,41?,43-,44-,45-,46?/m1/s1. The monoisotopic (exact) mass is 958 g/mol. The third-order valence-electron chi connectivity index (χ3n) is 13.2. The Labute approximate surface area is 390 Å². The van der Waals surface area contributed by atoms with Gasteiger partial charge in [0.25, 0.3) is 0 Å². The summed E-state index contributed by atoms with van der Waals surface area (Å²) in [7, 11) is 0. The number of carbonyl (C=O) groups excluding carboxylic acids is 1. The molecule has 0 aromatic rings. The van der Waals surface area contributed by atoms with Crippen LogP contribution < -0.4 is 5.32 Å². The van der Waals surface area contributed by atoms with Crippen LogP contribution in [0.25, 0.3) is 0 Å². The Morgan fingerprint density at radius 1 is 0.439 bits per heavy atom. The van der Waals surface area contributed by atoms with Crippen molar-refractivity contribution in [3.05, 3.63) is 0 Å². The predicted molar refractivity (Wildman–Crippen MR) is 237 cm³/mol. The molecule has 0 aliphatic carbocycles. The molecule has 0 radical (unpaired) electrons. The van der Waals surface area contributed by atoms with Crippen molar-refractivity contribution in [2.45, 2.75) is 240 Å². The number of unbranched alkanes of at least 4 members (excludes halogenated alkanes) is 16. The Hall–Kier alpha value is -1.25. The molecular weight excluding hydrogens is 870 g/mol. The summed E-state index contributed by atoms with van der Waals surface area (Å²) < 4.78 is 34.8. The lowest BCUT2D eigenvalue weighted by atomic mass is 9.91. The van der Waals surface area contributed by atoms with E-state index in [2.05, 4.69) is 19.2 Å². The largest absolute Gasteiger partial charge is 0.394 e. The first-order valence-electron chi connectivity index (χ1n) is 24.8. The molecule has 20 nitrogen and oxygen atoms in total. The van der Waals surface area contributed by atoms with Gasteiger partial charge in [-0.05, 0) is 12.8 Å². The van der Waals surface area contributed by atoms with E-state index in [1.807, 2.05) is 0 Å². The number of hydrogen-bond donors (Lipinski definition) is 13. The van der Waals surface area contributed by atoms with Crippen LogP contribution in [0, 0.1) is 5.92 Å². The van der Waals surface area contributed by atoms with Crippen molar-refractivity contribution in [2.75, 3.05) is 39.6 Å². The topological polar surface area (TPSA) is 327 Å². The van der Waals surface area contributed by atoms with Crippen molar-refractivity contribution in [3.8, 4) is 0 Å². The Balaban J connectivity index is 1.96. The van der Waals surface area contributed by atoms with E-state index in [1.54, 1.807) is 0 Å². The van der Waals surface area contributed by atoms with E-state index in [0.29, 0.717) is 12.8 Å². The number of aliphatic hydroxyl groups is 12. The van der Waals surface area contributed by atoms with Crippen LogP contribution in [-0.4, -0.2) is 204 Å². The molecule has 3 heterocycles. The molecule has 3 aliphatic heterocycles. The van der Waals surface area contributed by atoms with Gasteiger partial charge in [-0.2, -0.15) is 0 Å². The first-order chi connectivity index (χ1) is 31.7. The number of amides is 1. The quantitative estimate of drug-likeness (QED) is 0.0370. The number of ether oxygens (including phenoxy) is 6. The van der Waals surface area contributed by atoms with Crippen LogP contribution in [0.15, 0.2) is 0 Å². The summed E-state index contributed by atoms with van der Waals surface area (Å²) in [4.78, 5) is 14.8. The van der Waals surface area contributed by atoms with Crippen LogP contribution in [0.1, 0.15) is 142 Å². The minimum absolute atomic E-state index is 0.471. The average Bonchev–Trinajstić information content (AvgIpc) is 3.31. The summed E-state index contributed by atoms with van der Waals surface area (Å²) in [5, 5.41) is 128. The second-order valence-electron chi connectivity index (χ2n) is 18.7. The molecule has 66 heavy (non-hydrogen) atoms. The van der Waals surface area contributed by atoms with Crippen LogP contribution in [0.4, 0.5) is 0 Å². The van der Waals surface area contributed by atoms with Gasteiger partial charge < -0.3 is 95.0 Å². The van der Waals surface area contributed by atoms with E-state index < -0.39 is 149 Å². The lowest BCUT2D eigenvalue weighted by Gasteiger charge is -2.45. The number of nitrogens with one attached hydrogen (secondary N) is 1. The number of carbonyl (C=O) groups is 1. The minimum atomic E-state index is -1.96. The summed E-state index contributed by atoms with van der Waals surface area (Å²) in [6.45, 7) is -0.0831.